The molecule has 4 rings (SSSR count). The second-order valence-electron chi connectivity index (χ2n) is 10.3. The summed E-state index contributed by atoms with van der Waals surface area (Å²) in [6, 6.07) is 39.9. The fourth-order valence-electron chi connectivity index (χ4n) is 4.82. The second-order valence-corrected chi connectivity index (χ2v) is 10.3. The maximum Gasteiger partial charge on any atom is 0.320 e. The van der Waals surface area contributed by atoms with Crippen LogP contribution in [0, 0.1) is 0 Å². The zero-order valence-corrected chi connectivity index (χ0v) is 31.8. The van der Waals surface area contributed by atoms with E-state index in [1.54, 1.807) is 0 Å². The Morgan fingerprint density at radius 1 is 0.562 bits per heavy atom. The highest BCUT2D eigenvalue weighted by atomic mass is 16.5. The van der Waals surface area contributed by atoms with E-state index in [9.17, 15) is 9.59 Å². The molecular weight excluding hydrogens is 592 g/mol. The van der Waals surface area contributed by atoms with Crippen molar-refractivity contribution in [2.75, 3.05) is 6.61 Å². The van der Waals surface area contributed by atoms with Crippen molar-refractivity contribution in [1.29, 1.82) is 0 Å². The molecule has 0 unspecified atom stereocenters. The average Bonchev–Trinajstić information content (AvgIpc) is 3.18. The van der Waals surface area contributed by atoms with Crippen LogP contribution in [-0.4, -0.2) is 23.7 Å². The first-order valence-corrected chi connectivity index (χ1v) is 17.9. The highest BCUT2D eigenvalue weighted by molar-refractivity contribution is 5.87. The molecule has 0 aromatic heterocycles. The fraction of sp³-hybridized carbons (Fsp3) is 0.409. The highest BCUT2D eigenvalue weighted by Gasteiger charge is 2.38. The minimum Gasteiger partial charge on any atom is -0.481 e. The minimum absolute atomic E-state index is 0.167. The molecule has 0 heterocycles. The SMILES string of the molecule is CC.CC.CC.CC.CC(CCC(=O)O)(c1ccccc1)c1ccccc1.CCCCOC(=O)C(C)(c1ccccc1)c1ccccc1. The van der Waals surface area contributed by atoms with E-state index < -0.39 is 11.4 Å². The van der Waals surface area contributed by atoms with Crippen LogP contribution < -0.4 is 0 Å². The summed E-state index contributed by atoms with van der Waals surface area (Å²) in [5.74, 6) is -0.938. The number of hydrogen-bond donors (Lipinski definition) is 1. The van der Waals surface area contributed by atoms with Gasteiger partial charge in [0.1, 0.15) is 5.41 Å². The molecule has 4 nitrogen and oxygen atoms in total. The van der Waals surface area contributed by atoms with E-state index in [0.29, 0.717) is 13.0 Å². The Kier molecular flexibility index (Phi) is 26.7. The van der Waals surface area contributed by atoms with Gasteiger partial charge in [-0.2, -0.15) is 0 Å². The number of rotatable bonds is 11. The van der Waals surface area contributed by atoms with Gasteiger partial charge in [0.15, 0.2) is 0 Å². The maximum absolute atomic E-state index is 12.7. The molecule has 4 aromatic rings. The summed E-state index contributed by atoms with van der Waals surface area (Å²) in [6.07, 6.45) is 2.67. The van der Waals surface area contributed by atoms with Crippen molar-refractivity contribution >= 4 is 11.9 Å². The second kappa shape index (κ2) is 27.9. The third-order valence-corrected chi connectivity index (χ3v) is 7.50. The van der Waals surface area contributed by atoms with Crippen molar-refractivity contribution in [2.45, 2.75) is 113 Å². The average molecular weight is 657 g/mol. The fourth-order valence-corrected chi connectivity index (χ4v) is 4.82. The third-order valence-electron chi connectivity index (χ3n) is 7.50. The lowest BCUT2D eigenvalue weighted by Crippen LogP contribution is -2.35. The number of esters is 1. The molecule has 0 amide bonds. The van der Waals surface area contributed by atoms with Crippen LogP contribution in [0.2, 0.25) is 0 Å². The summed E-state index contributed by atoms with van der Waals surface area (Å²) in [7, 11) is 0. The molecule has 0 saturated heterocycles. The van der Waals surface area contributed by atoms with Crippen molar-refractivity contribution in [1.82, 2.24) is 0 Å². The van der Waals surface area contributed by atoms with Crippen LogP contribution in [0.5, 0.6) is 0 Å². The van der Waals surface area contributed by atoms with Crippen molar-refractivity contribution < 1.29 is 19.4 Å². The monoisotopic (exact) mass is 656 g/mol. The Labute approximate surface area is 293 Å². The number of carboxylic acids is 1. The van der Waals surface area contributed by atoms with Gasteiger partial charge in [0, 0.05) is 11.8 Å². The molecule has 4 heteroatoms. The van der Waals surface area contributed by atoms with Crippen molar-refractivity contribution in [2.24, 2.45) is 0 Å². The zero-order valence-electron chi connectivity index (χ0n) is 31.8. The summed E-state index contributed by atoms with van der Waals surface area (Å²) in [5.41, 5.74) is 3.19. The number of carboxylic acid groups (broad SMARTS) is 1. The van der Waals surface area contributed by atoms with Crippen molar-refractivity contribution in [3.8, 4) is 0 Å². The van der Waals surface area contributed by atoms with E-state index >= 15 is 0 Å². The zero-order chi connectivity index (χ0) is 36.8. The lowest BCUT2D eigenvalue weighted by molar-refractivity contribution is -0.148. The standard InChI is InChI=1S/C19H22O2.C17H18O2.4C2H6/c1-3-4-15-21-18(20)19(2,16-11-7-5-8-12-16)17-13-9-6-10-14-17;1-17(13-12-16(18)19,14-8-4-2-5-9-14)15-10-6-3-7-11-15;4*1-2/h5-14H,3-4,15H2,1-2H3;2-11H,12-13H2,1H3,(H,18,19);4*1-2H3. The van der Waals surface area contributed by atoms with Gasteiger partial charge in [-0.3, -0.25) is 9.59 Å². The van der Waals surface area contributed by atoms with Crippen LogP contribution in [0.3, 0.4) is 0 Å². The molecule has 0 aliphatic heterocycles. The van der Waals surface area contributed by atoms with Crippen molar-refractivity contribution in [3.63, 3.8) is 0 Å². The number of aliphatic carboxylic acids is 1. The molecule has 264 valence electrons. The summed E-state index contributed by atoms with van der Waals surface area (Å²) < 4.78 is 5.52. The predicted molar refractivity (Wildman–Crippen MR) is 207 cm³/mol. The number of hydrogen-bond acceptors (Lipinski definition) is 3. The molecule has 0 bridgehead atoms. The van der Waals surface area contributed by atoms with E-state index in [4.69, 9.17) is 9.84 Å². The number of ether oxygens (including phenoxy) is 1. The summed E-state index contributed by atoms with van der Waals surface area (Å²) in [4.78, 5) is 23.6. The topological polar surface area (TPSA) is 63.6 Å². The van der Waals surface area contributed by atoms with Crippen LogP contribution in [0.4, 0.5) is 0 Å². The van der Waals surface area contributed by atoms with Crippen LogP contribution >= 0.6 is 0 Å². The number of carbonyl (C=O) groups is 2. The minimum atomic E-state index is -0.768. The van der Waals surface area contributed by atoms with Gasteiger partial charge in [-0.25, -0.2) is 0 Å². The lowest BCUT2D eigenvalue weighted by Gasteiger charge is -2.30. The molecule has 1 N–H and O–H groups in total. The van der Waals surface area contributed by atoms with Crippen LogP contribution in [0.25, 0.3) is 0 Å². The lowest BCUT2D eigenvalue weighted by atomic mass is 9.73. The van der Waals surface area contributed by atoms with Gasteiger partial charge < -0.3 is 9.84 Å². The first-order valence-electron chi connectivity index (χ1n) is 17.9. The molecular formula is C44H64O4. The Morgan fingerprint density at radius 3 is 1.17 bits per heavy atom. The van der Waals surface area contributed by atoms with E-state index in [1.807, 2.05) is 159 Å². The predicted octanol–water partition coefficient (Wildman–Crippen LogP) is 12.3. The van der Waals surface area contributed by atoms with Gasteiger partial charge in [0.2, 0.25) is 0 Å². The number of carbonyl (C=O) groups excluding carboxylic acids is 1. The molecule has 0 spiro atoms. The first-order chi connectivity index (χ1) is 23.3. The third kappa shape index (κ3) is 14.7. The van der Waals surface area contributed by atoms with Gasteiger partial charge >= 0.3 is 11.9 Å². The Morgan fingerprint density at radius 2 is 0.875 bits per heavy atom. The summed E-state index contributed by atoms with van der Waals surface area (Å²) in [6.45, 7) is 22.6. The van der Waals surface area contributed by atoms with Crippen LogP contribution in [0.1, 0.15) is 124 Å². The molecule has 48 heavy (non-hydrogen) atoms. The Hall–Kier alpha value is -4.18. The van der Waals surface area contributed by atoms with Gasteiger partial charge in [-0.05, 0) is 42.0 Å². The largest absolute Gasteiger partial charge is 0.481 e. The van der Waals surface area contributed by atoms with E-state index in [0.717, 1.165) is 35.1 Å². The Bertz CT molecular complexity index is 1220. The molecule has 0 atom stereocenters. The molecule has 4 aromatic carbocycles. The van der Waals surface area contributed by atoms with Gasteiger partial charge in [-0.15, -0.1) is 0 Å². The number of benzene rings is 4. The van der Waals surface area contributed by atoms with E-state index in [-0.39, 0.29) is 17.8 Å². The van der Waals surface area contributed by atoms with Crippen molar-refractivity contribution in [3.05, 3.63) is 144 Å². The molecule has 0 fully saturated rings. The summed E-state index contributed by atoms with van der Waals surface area (Å²) in [5, 5.41) is 8.97. The van der Waals surface area contributed by atoms with Gasteiger partial charge in [-0.1, -0.05) is 197 Å². The molecule has 0 radical (unpaired) electrons. The quantitative estimate of drug-likeness (QED) is 0.129. The first kappa shape index (κ1) is 45.9. The van der Waals surface area contributed by atoms with Gasteiger partial charge in [0.25, 0.3) is 0 Å². The number of unbranched alkanes of at least 4 members (excludes halogenated alkanes) is 1. The molecule has 0 saturated carbocycles. The highest BCUT2D eigenvalue weighted by Crippen LogP contribution is 2.36. The molecule has 0 aliphatic rings. The molecule has 0 aliphatic carbocycles. The van der Waals surface area contributed by atoms with E-state index in [2.05, 4.69) is 38.1 Å². The normalized spacial score (nSPS) is 9.81. The maximum atomic E-state index is 12.7. The van der Waals surface area contributed by atoms with Crippen LogP contribution in [0.15, 0.2) is 121 Å². The van der Waals surface area contributed by atoms with Gasteiger partial charge in [0.05, 0.1) is 6.61 Å². The Balaban J connectivity index is 0. The summed E-state index contributed by atoms with van der Waals surface area (Å²) >= 11 is 0. The van der Waals surface area contributed by atoms with E-state index in [1.165, 1.54) is 0 Å². The van der Waals surface area contributed by atoms with Crippen LogP contribution in [-0.2, 0) is 25.2 Å². The smallest absolute Gasteiger partial charge is 0.320 e.